The van der Waals surface area contributed by atoms with Gasteiger partial charge in [0.15, 0.2) is 17.2 Å². The molecule has 1 fully saturated rings. The number of rotatable bonds is 4. The Balaban J connectivity index is 1.17. The average molecular weight is 444 g/mol. The number of hydrogen-bond donors (Lipinski definition) is 0. The van der Waals surface area contributed by atoms with Gasteiger partial charge in [-0.3, -0.25) is 4.79 Å². The van der Waals surface area contributed by atoms with Crippen LogP contribution in [0.5, 0.6) is 11.5 Å². The van der Waals surface area contributed by atoms with Crippen molar-refractivity contribution in [2.24, 2.45) is 0 Å². The largest absolute Gasteiger partial charge is 0.454 e. The van der Waals surface area contributed by atoms with Gasteiger partial charge in [-0.15, -0.1) is 15.3 Å². The monoisotopic (exact) mass is 444 g/mol. The van der Waals surface area contributed by atoms with Gasteiger partial charge in [0.05, 0.1) is 17.8 Å². The van der Waals surface area contributed by atoms with Crippen LogP contribution in [-0.2, 0) is 0 Å². The highest BCUT2D eigenvalue weighted by Crippen LogP contribution is 2.36. The molecule has 1 amide bonds. The van der Waals surface area contributed by atoms with Crippen molar-refractivity contribution >= 4 is 5.91 Å². The molecule has 1 unspecified atom stereocenters. The van der Waals surface area contributed by atoms with Crippen molar-refractivity contribution < 1.29 is 18.7 Å². The zero-order valence-electron chi connectivity index (χ0n) is 17.6. The molecule has 1 saturated heterocycles. The van der Waals surface area contributed by atoms with Crippen molar-refractivity contribution in [2.75, 3.05) is 19.9 Å². The predicted molar refractivity (Wildman–Crippen MR) is 115 cm³/mol. The third-order valence-electron chi connectivity index (χ3n) is 5.82. The summed E-state index contributed by atoms with van der Waals surface area (Å²) < 4.78 is 16.8. The van der Waals surface area contributed by atoms with Crippen LogP contribution in [0.3, 0.4) is 0 Å². The first-order chi connectivity index (χ1) is 16.2. The molecule has 33 heavy (non-hydrogen) atoms. The molecule has 0 N–H and O–H groups in total. The van der Waals surface area contributed by atoms with Gasteiger partial charge in [-0.25, -0.2) is 0 Å². The quantitative estimate of drug-likeness (QED) is 0.473. The lowest BCUT2D eigenvalue weighted by molar-refractivity contribution is 0.0692. The van der Waals surface area contributed by atoms with Gasteiger partial charge in [-0.1, -0.05) is 18.2 Å². The molecule has 0 bridgehead atoms. The summed E-state index contributed by atoms with van der Waals surface area (Å²) in [5.74, 6) is 2.10. The van der Waals surface area contributed by atoms with E-state index in [0.717, 1.165) is 24.1 Å². The van der Waals surface area contributed by atoms with Crippen molar-refractivity contribution in [1.82, 2.24) is 30.1 Å². The number of amides is 1. The van der Waals surface area contributed by atoms with Crippen LogP contribution in [0.1, 0.15) is 35.1 Å². The molecule has 166 valence electrons. The smallest absolute Gasteiger partial charge is 0.276 e. The van der Waals surface area contributed by atoms with Crippen molar-refractivity contribution in [1.29, 1.82) is 0 Å². The minimum atomic E-state index is -0.155. The summed E-state index contributed by atoms with van der Waals surface area (Å²) in [6.07, 6.45) is 3.21. The highest BCUT2D eigenvalue weighted by atomic mass is 16.7. The number of benzene rings is 2. The second-order valence-corrected chi connectivity index (χ2v) is 7.96. The molecular formula is C23H20N6O4. The van der Waals surface area contributed by atoms with E-state index in [2.05, 4.69) is 20.4 Å². The first-order valence-electron chi connectivity index (χ1n) is 10.7. The standard InChI is InChI=1S/C23H20N6O4/c30-23(18-12-24-29(27-18)17-6-2-1-3-7-17)28-10-4-5-16(13-28)22-26-25-21(33-22)15-8-9-19-20(11-15)32-14-31-19/h1-3,6-9,11-12,16H,4-5,10,13-14H2. The molecule has 10 heteroatoms. The molecule has 0 saturated carbocycles. The molecule has 0 radical (unpaired) electrons. The van der Waals surface area contributed by atoms with Gasteiger partial charge in [0, 0.05) is 18.7 Å². The molecule has 0 aliphatic carbocycles. The van der Waals surface area contributed by atoms with Crippen LogP contribution in [0.25, 0.3) is 17.1 Å². The number of carbonyl (C=O) groups excluding carboxylic acids is 1. The number of para-hydroxylation sites is 1. The Hall–Kier alpha value is -4.21. The summed E-state index contributed by atoms with van der Waals surface area (Å²) in [7, 11) is 0. The molecule has 1 atom stereocenters. The molecule has 0 spiro atoms. The summed E-state index contributed by atoms with van der Waals surface area (Å²) in [6, 6.07) is 15.0. The number of fused-ring (bicyclic) bond motifs is 1. The molecule has 2 aliphatic rings. The fourth-order valence-corrected chi connectivity index (χ4v) is 4.12. The highest BCUT2D eigenvalue weighted by molar-refractivity contribution is 5.92. The molecule has 10 nitrogen and oxygen atoms in total. The Kier molecular flexibility index (Phi) is 4.75. The Bertz CT molecular complexity index is 1300. The lowest BCUT2D eigenvalue weighted by Crippen LogP contribution is -2.39. The highest BCUT2D eigenvalue weighted by Gasteiger charge is 2.30. The van der Waals surface area contributed by atoms with E-state index < -0.39 is 0 Å². The second kappa shape index (κ2) is 8.05. The van der Waals surface area contributed by atoms with Crippen LogP contribution >= 0.6 is 0 Å². The number of ether oxygens (including phenoxy) is 2. The zero-order chi connectivity index (χ0) is 22.2. The fraction of sp³-hybridized carbons (Fsp3) is 0.261. The van der Waals surface area contributed by atoms with Crippen LogP contribution in [0.15, 0.2) is 59.1 Å². The SMILES string of the molecule is O=C(c1cnn(-c2ccccc2)n1)N1CCCC(c2nnc(-c3ccc4c(c3)OCO4)o2)C1. The molecular weight excluding hydrogens is 424 g/mol. The van der Waals surface area contributed by atoms with Gasteiger partial charge < -0.3 is 18.8 Å². The lowest BCUT2D eigenvalue weighted by Gasteiger charge is -2.30. The maximum Gasteiger partial charge on any atom is 0.276 e. The van der Waals surface area contributed by atoms with Crippen LogP contribution in [-0.4, -0.2) is 55.9 Å². The normalized spacial score (nSPS) is 17.3. The Labute approximate surface area is 188 Å². The summed E-state index contributed by atoms with van der Waals surface area (Å²) >= 11 is 0. The van der Waals surface area contributed by atoms with E-state index in [-0.39, 0.29) is 18.6 Å². The van der Waals surface area contributed by atoms with Crippen LogP contribution in [0.4, 0.5) is 0 Å². The van der Waals surface area contributed by atoms with Crippen molar-refractivity contribution in [2.45, 2.75) is 18.8 Å². The van der Waals surface area contributed by atoms with Crippen LogP contribution < -0.4 is 9.47 Å². The van der Waals surface area contributed by atoms with Gasteiger partial charge in [-0.2, -0.15) is 9.90 Å². The lowest BCUT2D eigenvalue weighted by atomic mass is 9.98. The van der Waals surface area contributed by atoms with Gasteiger partial charge in [0.25, 0.3) is 5.91 Å². The van der Waals surface area contributed by atoms with E-state index in [9.17, 15) is 4.79 Å². The third kappa shape index (κ3) is 3.69. The Morgan fingerprint density at radius 2 is 1.91 bits per heavy atom. The predicted octanol–water partition coefficient (Wildman–Crippen LogP) is 3.07. The maximum absolute atomic E-state index is 13.1. The Morgan fingerprint density at radius 1 is 1.03 bits per heavy atom. The van der Waals surface area contributed by atoms with Crippen molar-refractivity contribution in [3.8, 4) is 28.6 Å². The number of nitrogens with zero attached hydrogens (tertiary/aromatic N) is 6. The molecule has 2 aromatic carbocycles. The topological polar surface area (TPSA) is 108 Å². The van der Waals surface area contributed by atoms with Gasteiger partial charge in [0.2, 0.25) is 18.6 Å². The van der Waals surface area contributed by atoms with Crippen LogP contribution in [0, 0.1) is 0 Å². The molecule has 2 aromatic heterocycles. The van der Waals surface area contributed by atoms with Crippen LogP contribution in [0.2, 0.25) is 0 Å². The van der Waals surface area contributed by atoms with Gasteiger partial charge >= 0.3 is 0 Å². The van der Waals surface area contributed by atoms with E-state index in [1.54, 1.807) is 4.90 Å². The first kappa shape index (κ1) is 19.5. The number of piperidine rings is 1. The molecule has 4 heterocycles. The molecule has 2 aliphatic heterocycles. The second-order valence-electron chi connectivity index (χ2n) is 7.96. The minimum Gasteiger partial charge on any atom is -0.454 e. The van der Waals surface area contributed by atoms with E-state index in [0.29, 0.717) is 42.1 Å². The first-order valence-corrected chi connectivity index (χ1v) is 10.7. The molecule has 4 aromatic rings. The van der Waals surface area contributed by atoms with E-state index in [4.69, 9.17) is 13.9 Å². The van der Waals surface area contributed by atoms with E-state index in [1.165, 1.54) is 11.0 Å². The summed E-state index contributed by atoms with van der Waals surface area (Å²) in [6.45, 7) is 1.34. The fourth-order valence-electron chi connectivity index (χ4n) is 4.12. The average Bonchev–Trinajstić information content (AvgIpc) is 3.64. The maximum atomic E-state index is 13.1. The van der Waals surface area contributed by atoms with E-state index >= 15 is 0 Å². The summed E-state index contributed by atoms with van der Waals surface area (Å²) in [4.78, 5) is 16.3. The minimum absolute atomic E-state index is 0.0397. The van der Waals surface area contributed by atoms with Crippen molar-refractivity contribution in [3.63, 3.8) is 0 Å². The third-order valence-corrected chi connectivity index (χ3v) is 5.82. The summed E-state index contributed by atoms with van der Waals surface area (Å²) in [5.41, 5.74) is 1.88. The number of carbonyl (C=O) groups is 1. The summed E-state index contributed by atoms with van der Waals surface area (Å²) in [5, 5.41) is 17.1. The zero-order valence-corrected chi connectivity index (χ0v) is 17.6. The number of likely N-dealkylation sites (tertiary alicyclic amines) is 1. The van der Waals surface area contributed by atoms with E-state index in [1.807, 2.05) is 48.5 Å². The van der Waals surface area contributed by atoms with Crippen molar-refractivity contribution in [3.05, 3.63) is 66.3 Å². The molecule has 6 rings (SSSR count). The van der Waals surface area contributed by atoms with Gasteiger partial charge in [0.1, 0.15) is 0 Å². The number of aromatic nitrogens is 5. The number of hydrogen-bond acceptors (Lipinski definition) is 8. The van der Waals surface area contributed by atoms with Gasteiger partial charge in [-0.05, 0) is 43.2 Å². The Morgan fingerprint density at radius 3 is 2.82 bits per heavy atom.